The fourth-order valence-corrected chi connectivity index (χ4v) is 3.18. The van der Waals surface area contributed by atoms with Crippen molar-refractivity contribution in [1.82, 2.24) is 14.5 Å². The predicted molar refractivity (Wildman–Crippen MR) is 86.4 cm³/mol. The normalized spacial score (nSPS) is 18.7. The minimum atomic E-state index is -0.000720. The average Bonchev–Trinajstić information content (AvgIpc) is 2.95. The Morgan fingerprint density at radius 2 is 2.05 bits per heavy atom. The second-order valence-corrected chi connectivity index (χ2v) is 5.87. The maximum Gasteiger partial charge on any atom is 0.164 e. The molecule has 1 saturated heterocycles. The molecule has 1 aromatic carbocycles. The van der Waals surface area contributed by atoms with E-state index in [1.54, 1.807) is 6.20 Å². The number of para-hydroxylation sites is 1. The van der Waals surface area contributed by atoms with E-state index >= 15 is 0 Å². The molecule has 0 radical (unpaired) electrons. The molecule has 3 aromatic rings. The Hall–Kier alpha value is -1.91. The largest absolute Gasteiger partial charge is 0.370 e. The molecule has 22 heavy (non-hydrogen) atoms. The summed E-state index contributed by atoms with van der Waals surface area (Å²) in [6.45, 7) is 0.782. The number of imidazole rings is 1. The summed E-state index contributed by atoms with van der Waals surface area (Å²) in [4.78, 5) is 9.27. The van der Waals surface area contributed by atoms with Gasteiger partial charge >= 0.3 is 0 Å². The molecular formula is C17H16ClN3O. The summed E-state index contributed by atoms with van der Waals surface area (Å²) >= 11 is 6.41. The van der Waals surface area contributed by atoms with Gasteiger partial charge in [-0.2, -0.15) is 0 Å². The van der Waals surface area contributed by atoms with E-state index in [0.29, 0.717) is 5.02 Å². The van der Waals surface area contributed by atoms with Crippen molar-refractivity contribution < 1.29 is 4.74 Å². The molecule has 0 bridgehead atoms. The summed E-state index contributed by atoms with van der Waals surface area (Å²) in [7, 11) is 0. The van der Waals surface area contributed by atoms with Crippen LogP contribution < -0.4 is 0 Å². The van der Waals surface area contributed by atoms with Gasteiger partial charge in [0.2, 0.25) is 0 Å². The van der Waals surface area contributed by atoms with Gasteiger partial charge in [0.15, 0.2) is 5.65 Å². The third kappa shape index (κ3) is 2.28. The van der Waals surface area contributed by atoms with Crippen LogP contribution in [-0.2, 0) is 4.74 Å². The molecule has 0 amide bonds. The molecule has 5 heteroatoms. The fourth-order valence-electron chi connectivity index (χ4n) is 2.96. The van der Waals surface area contributed by atoms with Crippen LogP contribution in [0.15, 0.2) is 42.6 Å². The smallest absolute Gasteiger partial charge is 0.164 e. The number of ether oxygens (including phenoxy) is 1. The second kappa shape index (κ2) is 5.71. The van der Waals surface area contributed by atoms with Gasteiger partial charge in [-0.25, -0.2) is 9.97 Å². The van der Waals surface area contributed by atoms with Crippen molar-refractivity contribution in [2.75, 3.05) is 6.61 Å². The van der Waals surface area contributed by atoms with Crippen molar-refractivity contribution in [3.63, 3.8) is 0 Å². The van der Waals surface area contributed by atoms with Crippen LogP contribution in [0.1, 0.15) is 31.2 Å². The number of halogens is 1. The molecule has 4 nitrogen and oxygen atoms in total. The van der Waals surface area contributed by atoms with Crippen LogP contribution in [0.3, 0.4) is 0 Å². The van der Waals surface area contributed by atoms with E-state index < -0.39 is 0 Å². The van der Waals surface area contributed by atoms with Gasteiger partial charge in [-0.3, -0.25) is 4.57 Å². The lowest BCUT2D eigenvalue weighted by Crippen LogP contribution is -2.16. The van der Waals surface area contributed by atoms with Gasteiger partial charge in [-0.05, 0) is 43.5 Å². The third-order valence-electron chi connectivity index (χ3n) is 4.00. The highest BCUT2D eigenvalue weighted by Crippen LogP contribution is 2.33. The minimum absolute atomic E-state index is 0.000720. The quantitative estimate of drug-likeness (QED) is 0.707. The van der Waals surface area contributed by atoms with Crippen LogP contribution in [0.2, 0.25) is 5.02 Å². The number of aromatic nitrogens is 3. The van der Waals surface area contributed by atoms with Crippen LogP contribution in [0.4, 0.5) is 0 Å². The van der Waals surface area contributed by atoms with Gasteiger partial charge < -0.3 is 4.74 Å². The molecule has 4 rings (SSSR count). The number of nitrogens with zero attached hydrogens (tertiary/aromatic N) is 3. The summed E-state index contributed by atoms with van der Waals surface area (Å²) in [6.07, 6.45) is 5.03. The Bertz CT molecular complexity index is 809. The van der Waals surface area contributed by atoms with Gasteiger partial charge in [0.1, 0.15) is 17.4 Å². The topological polar surface area (TPSA) is 39.9 Å². The van der Waals surface area contributed by atoms with E-state index in [0.717, 1.165) is 48.5 Å². The minimum Gasteiger partial charge on any atom is -0.370 e. The van der Waals surface area contributed by atoms with E-state index in [2.05, 4.69) is 4.98 Å². The van der Waals surface area contributed by atoms with Crippen LogP contribution in [0.25, 0.3) is 16.9 Å². The zero-order valence-electron chi connectivity index (χ0n) is 12.1. The Balaban J connectivity index is 1.96. The van der Waals surface area contributed by atoms with Gasteiger partial charge in [-0.15, -0.1) is 0 Å². The first-order chi connectivity index (χ1) is 10.8. The molecule has 3 heterocycles. The lowest BCUT2D eigenvalue weighted by molar-refractivity contribution is 0.00886. The number of benzene rings is 1. The van der Waals surface area contributed by atoms with Crippen LogP contribution >= 0.6 is 11.6 Å². The summed E-state index contributed by atoms with van der Waals surface area (Å²) in [5.74, 6) is 0.890. The number of hydrogen-bond donors (Lipinski definition) is 0. The first kappa shape index (κ1) is 13.7. The maximum absolute atomic E-state index is 6.41. The molecule has 1 aliphatic rings. The summed E-state index contributed by atoms with van der Waals surface area (Å²) in [5.41, 5.74) is 2.58. The van der Waals surface area contributed by atoms with Crippen molar-refractivity contribution in [2.24, 2.45) is 0 Å². The molecule has 0 aliphatic carbocycles. The molecular weight excluding hydrogens is 298 g/mol. The van der Waals surface area contributed by atoms with Gasteiger partial charge in [0.25, 0.3) is 0 Å². The van der Waals surface area contributed by atoms with Crippen LogP contribution in [0.5, 0.6) is 0 Å². The third-order valence-corrected chi connectivity index (χ3v) is 4.32. The van der Waals surface area contributed by atoms with Crippen LogP contribution in [-0.4, -0.2) is 21.1 Å². The molecule has 112 valence electrons. The number of pyridine rings is 1. The lowest BCUT2D eigenvalue weighted by atomic mass is 10.1. The Kier molecular flexibility index (Phi) is 3.56. The van der Waals surface area contributed by atoms with E-state index in [1.165, 1.54) is 0 Å². The maximum atomic E-state index is 6.41. The molecule has 1 fully saturated rings. The van der Waals surface area contributed by atoms with E-state index in [9.17, 15) is 0 Å². The molecule has 0 spiro atoms. The number of hydrogen-bond acceptors (Lipinski definition) is 3. The summed E-state index contributed by atoms with van der Waals surface area (Å²) in [5, 5.41) is 0.685. The van der Waals surface area contributed by atoms with Crippen molar-refractivity contribution >= 4 is 22.8 Å². The summed E-state index contributed by atoms with van der Waals surface area (Å²) in [6, 6.07) is 11.7. The van der Waals surface area contributed by atoms with Gasteiger partial charge in [-0.1, -0.05) is 23.7 Å². The molecule has 1 atom stereocenters. The number of rotatable bonds is 2. The number of fused-ring (bicyclic) bond motifs is 1. The highest BCUT2D eigenvalue weighted by Gasteiger charge is 2.25. The molecule has 0 saturated carbocycles. The fraction of sp³-hybridized carbons (Fsp3) is 0.294. The molecule has 0 N–H and O–H groups in total. The average molecular weight is 314 g/mol. The first-order valence-corrected chi connectivity index (χ1v) is 7.92. The van der Waals surface area contributed by atoms with Crippen LogP contribution in [0, 0.1) is 0 Å². The van der Waals surface area contributed by atoms with E-state index in [1.807, 2.05) is 41.0 Å². The highest BCUT2D eigenvalue weighted by molar-refractivity contribution is 6.32. The Labute approximate surface area is 133 Å². The van der Waals surface area contributed by atoms with E-state index in [-0.39, 0.29) is 6.10 Å². The van der Waals surface area contributed by atoms with Crippen molar-refractivity contribution in [2.45, 2.75) is 25.4 Å². The van der Waals surface area contributed by atoms with Crippen molar-refractivity contribution in [3.05, 3.63) is 53.4 Å². The SMILES string of the molecule is Clc1ccccc1-n1c(C2CCCCO2)nc2cccnc21. The Morgan fingerprint density at radius 1 is 1.14 bits per heavy atom. The monoisotopic (exact) mass is 313 g/mol. The van der Waals surface area contributed by atoms with Crippen molar-refractivity contribution in [3.8, 4) is 5.69 Å². The molecule has 1 unspecified atom stereocenters. The van der Waals surface area contributed by atoms with Gasteiger partial charge in [0, 0.05) is 12.8 Å². The van der Waals surface area contributed by atoms with E-state index in [4.69, 9.17) is 21.3 Å². The standard InChI is InChI=1S/C17H16ClN3O/c18-12-6-1-2-8-14(12)21-16-13(7-5-10-19-16)20-17(21)15-9-3-4-11-22-15/h1-2,5-8,10,15H,3-4,9,11H2. The highest BCUT2D eigenvalue weighted by atomic mass is 35.5. The second-order valence-electron chi connectivity index (χ2n) is 5.46. The lowest BCUT2D eigenvalue weighted by Gasteiger charge is -2.23. The Morgan fingerprint density at radius 3 is 2.86 bits per heavy atom. The zero-order valence-corrected chi connectivity index (χ0v) is 12.8. The van der Waals surface area contributed by atoms with Gasteiger partial charge in [0.05, 0.1) is 10.7 Å². The summed E-state index contributed by atoms with van der Waals surface area (Å²) < 4.78 is 7.98. The molecule has 2 aromatic heterocycles. The predicted octanol–water partition coefficient (Wildman–Crippen LogP) is 4.32. The molecule has 1 aliphatic heterocycles. The van der Waals surface area contributed by atoms with Crippen molar-refractivity contribution in [1.29, 1.82) is 0 Å². The zero-order chi connectivity index (χ0) is 14.9. The first-order valence-electron chi connectivity index (χ1n) is 7.54.